The molecule has 20 heavy (non-hydrogen) atoms. The normalized spacial score (nSPS) is 16.9. The molecule has 0 amide bonds. The number of unbranched alkanes of at least 4 members (excludes halogenated alkanes) is 3. The van der Waals surface area contributed by atoms with E-state index in [4.69, 9.17) is 0 Å². The van der Waals surface area contributed by atoms with E-state index in [1.165, 1.54) is 63.4 Å². The smallest absolute Gasteiger partial charge is 0.0697 e. The van der Waals surface area contributed by atoms with Crippen molar-refractivity contribution in [3.63, 3.8) is 0 Å². The summed E-state index contributed by atoms with van der Waals surface area (Å²) in [5.41, 5.74) is 1.17. The molecule has 0 spiro atoms. The van der Waals surface area contributed by atoms with Crippen LogP contribution in [0.5, 0.6) is 0 Å². The van der Waals surface area contributed by atoms with Crippen molar-refractivity contribution in [1.82, 2.24) is 0 Å². The van der Waals surface area contributed by atoms with Crippen LogP contribution in [-0.2, 0) is 0 Å². The average Bonchev–Trinajstić information content (AvgIpc) is 2.48. The fourth-order valence-electron chi connectivity index (χ4n) is 3.93. The standard InChI is InChI=1S/C18H38P.FH/c1-4-7-15-19(16-8-5-2,17-9-6-3)18-13-11-10-12-14-18;/h18H,4-17H2,1-3H3;1H/q+1;/p-1. The van der Waals surface area contributed by atoms with Crippen molar-refractivity contribution in [2.75, 3.05) is 18.5 Å². The maximum atomic E-state index is 2.38. The summed E-state index contributed by atoms with van der Waals surface area (Å²) in [5, 5.41) is 0. The van der Waals surface area contributed by atoms with Crippen molar-refractivity contribution >= 4 is 7.26 Å². The molecule has 0 saturated heterocycles. The average molecular weight is 304 g/mol. The molecule has 0 aliphatic heterocycles. The second-order valence-electron chi connectivity index (χ2n) is 6.74. The highest BCUT2D eigenvalue weighted by molar-refractivity contribution is 7.76. The summed E-state index contributed by atoms with van der Waals surface area (Å²) in [6.07, 6.45) is 21.4. The van der Waals surface area contributed by atoms with E-state index in [9.17, 15) is 0 Å². The van der Waals surface area contributed by atoms with Gasteiger partial charge in [0.05, 0.1) is 24.1 Å². The van der Waals surface area contributed by atoms with Gasteiger partial charge in [0.25, 0.3) is 0 Å². The van der Waals surface area contributed by atoms with Crippen LogP contribution in [0, 0.1) is 0 Å². The van der Waals surface area contributed by atoms with Crippen LogP contribution in [0.1, 0.15) is 91.4 Å². The van der Waals surface area contributed by atoms with Crippen LogP contribution in [0.3, 0.4) is 0 Å². The Labute approximate surface area is 128 Å². The minimum Gasteiger partial charge on any atom is -1.00 e. The van der Waals surface area contributed by atoms with Crippen molar-refractivity contribution in [1.29, 1.82) is 0 Å². The lowest BCUT2D eigenvalue weighted by molar-refractivity contribution is -0.00000433. The molecule has 1 aliphatic rings. The third kappa shape index (κ3) is 6.42. The second-order valence-corrected chi connectivity index (χ2v) is 11.3. The van der Waals surface area contributed by atoms with Gasteiger partial charge in [0.1, 0.15) is 0 Å². The Morgan fingerprint density at radius 2 is 1.10 bits per heavy atom. The third-order valence-electron chi connectivity index (χ3n) is 5.22. The van der Waals surface area contributed by atoms with Gasteiger partial charge in [-0.1, -0.05) is 46.5 Å². The monoisotopic (exact) mass is 304 g/mol. The number of hydrogen-bond donors (Lipinski definition) is 0. The zero-order valence-electron chi connectivity index (χ0n) is 14.3. The minimum absolute atomic E-state index is 0. The van der Waals surface area contributed by atoms with Gasteiger partial charge in [0, 0.05) is 7.26 Å². The van der Waals surface area contributed by atoms with Crippen LogP contribution in [0.2, 0.25) is 0 Å². The van der Waals surface area contributed by atoms with E-state index in [0.29, 0.717) is 0 Å². The molecule has 0 atom stereocenters. The largest absolute Gasteiger partial charge is 1.00 e. The third-order valence-corrected chi connectivity index (χ3v) is 10.9. The Kier molecular flexibility index (Phi) is 12.2. The Morgan fingerprint density at radius 1 is 0.700 bits per heavy atom. The fourth-order valence-corrected chi connectivity index (χ4v) is 10.00. The summed E-state index contributed by atoms with van der Waals surface area (Å²) in [7, 11) is -0.621. The molecule has 0 bridgehead atoms. The molecule has 0 radical (unpaired) electrons. The molecule has 1 saturated carbocycles. The van der Waals surface area contributed by atoms with Crippen LogP contribution < -0.4 is 4.70 Å². The predicted molar refractivity (Wildman–Crippen MR) is 93.1 cm³/mol. The lowest BCUT2D eigenvalue weighted by atomic mass is 10.0. The van der Waals surface area contributed by atoms with Gasteiger partial charge < -0.3 is 4.70 Å². The van der Waals surface area contributed by atoms with E-state index in [1.54, 1.807) is 31.3 Å². The molecule has 0 N–H and O–H groups in total. The lowest BCUT2D eigenvalue weighted by Crippen LogP contribution is -3.00. The predicted octanol–water partition coefficient (Wildman–Crippen LogP) is 3.74. The first kappa shape index (κ1) is 20.4. The molecule has 0 aromatic carbocycles. The Bertz CT molecular complexity index is 190. The Hall–Kier alpha value is 0.360. The molecule has 0 heterocycles. The second kappa shape index (κ2) is 12.0. The Balaban J connectivity index is 0.00000361. The molecule has 0 nitrogen and oxygen atoms in total. The van der Waals surface area contributed by atoms with Gasteiger partial charge in [-0.2, -0.15) is 0 Å². The minimum atomic E-state index is -0.621. The molecule has 0 unspecified atom stereocenters. The zero-order valence-corrected chi connectivity index (χ0v) is 15.2. The topological polar surface area (TPSA) is 0 Å². The van der Waals surface area contributed by atoms with Crippen molar-refractivity contribution in [2.45, 2.75) is 97.1 Å². The molecule has 1 fully saturated rings. The molecular weight excluding hydrogens is 266 g/mol. The number of halogens is 1. The van der Waals surface area contributed by atoms with Gasteiger partial charge >= 0.3 is 0 Å². The van der Waals surface area contributed by atoms with E-state index in [1.807, 2.05) is 0 Å². The van der Waals surface area contributed by atoms with Crippen LogP contribution in [0.25, 0.3) is 0 Å². The molecule has 1 aliphatic carbocycles. The van der Waals surface area contributed by atoms with Crippen LogP contribution >= 0.6 is 7.26 Å². The van der Waals surface area contributed by atoms with Crippen molar-refractivity contribution in [3.05, 3.63) is 0 Å². The summed E-state index contributed by atoms with van der Waals surface area (Å²) in [6, 6.07) is 0. The highest BCUT2D eigenvalue weighted by atomic mass is 31.2. The van der Waals surface area contributed by atoms with E-state index >= 15 is 0 Å². The maximum Gasteiger partial charge on any atom is 0.0697 e. The first-order chi connectivity index (χ1) is 9.29. The molecular formula is C18H38FP. The molecule has 0 aromatic heterocycles. The van der Waals surface area contributed by atoms with Gasteiger partial charge in [-0.15, -0.1) is 0 Å². The molecule has 0 aromatic rings. The van der Waals surface area contributed by atoms with E-state index in [0.717, 1.165) is 0 Å². The van der Waals surface area contributed by atoms with Gasteiger partial charge in [-0.3, -0.25) is 0 Å². The van der Waals surface area contributed by atoms with Gasteiger partial charge in [-0.25, -0.2) is 0 Å². The fraction of sp³-hybridized carbons (Fsp3) is 1.00. The molecule has 2 heteroatoms. The molecule has 122 valence electrons. The first-order valence-corrected chi connectivity index (χ1v) is 11.6. The van der Waals surface area contributed by atoms with Gasteiger partial charge in [-0.05, 0) is 44.9 Å². The number of hydrogen-bond acceptors (Lipinski definition) is 0. The highest BCUT2D eigenvalue weighted by Gasteiger charge is 2.43. The Morgan fingerprint density at radius 3 is 1.45 bits per heavy atom. The van der Waals surface area contributed by atoms with Crippen LogP contribution in [0.15, 0.2) is 0 Å². The lowest BCUT2D eigenvalue weighted by Gasteiger charge is -2.37. The maximum absolute atomic E-state index is 2.38. The highest BCUT2D eigenvalue weighted by Crippen LogP contribution is 2.67. The first-order valence-electron chi connectivity index (χ1n) is 9.14. The van der Waals surface area contributed by atoms with Crippen molar-refractivity contribution < 1.29 is 4.70 Å². The van der Waals surface area contributed by atoms with E-state index in [2.05, 4.69) is 20.8 Å². The van der Waals surface area contributed by atoms with Crippen LogP contribution in [-0.4, -0.2) is 24.1 Å². The van der Waals surface area contributed by atoms with Gasteiger partial charge in [0.2, 0.25) is 0 Å². The van der Waals surface area contributed by atoms with E-state index in [-0.39, 0.29) is 4.70 Å². The SMILES string of the molecule is CCCC[P+](CCCC)(CCCC)C1CCCCC1.[F-]. The van der Waals surface area contributed by atoms with E-state index < -0.39 is 7.26 Å². The quantitative estimate of drug-likeness (QED) is 0.539. The summed E-state index contributed by atoms with van der Waals surface area (Å²) < 4.78 is 0. The van der Waals surface area contributed by atoms with Crippen molar-refractivity contribution in [3.8, 4) is 0 Å². The summed E-state index contributed by atoms with van der Waals surface area (Å²) >= 11 is 0. The van der Waals surface area contributed by atoms with Crippen molar-refractivity contribution in [2.24, 2.45) is 0 Å². The summed E-state index contributed by atoms with van der Waals surface area (Å²) in [4.78, 5) is 0. The number of rotatable bonds is 10. The molecule has 1 rings (SSSR count). The van der Waals surface area contributed by atoms with Gasteiger partial charge in [0.15, 0.2) is 0 Å². The van der Waals surface area contributed by atoms with Crippen LogP contribution in [0.4, 0.5) is 0 Å². The zero-order chi connectivity index (χ0) is 14.0. The summed E-state index contributed by atoms with van der Waals surface area (Å²) in [5.74, 6) is 0. The summed E-state index contributed by atoms with van der Waals surface area (Å²) in [6.45, 7) is 7.15.